The minimum atomic E-state index is -0.183. The van der Waals surface area contributed by atoms with E-state index in [1.807, 2.05) is 13.8 Å². The molecule has 1 saturated heterocycles. The zero-order valence-electron chi connectivity index (χ0n) is 8.80. The average Bonchev–Trinajstić information content (AvgIpc) is 2.65. The number of nitrogens with two attached hydrogens (primary N) is 1. The van der Waals surface area contributed by atoms with Crippen LogP contribution in [0.2, 0.25) is 0 Å². The van der Waals surface area contributed by atoms with E-state index in [0.29, 0.717) is 6.04 Å². The van der Waals surface area contributed by atoms with Gasteiger partial charge in [0, 0.05) is 11.2 Å². The average molecular weight is 180 g/mol. The summed E-state index contributed by atoms with van der Waals surface area (Å²) in [5, 5.41) is 3.33. The normalized spacial score (nSPS) is 25.2. The van der Waals surface area contributed by atoms with Crippen LogP contribution in [0.3, 0.4) is 0 Å². The molecule has 0 saturated carbocycles. The van der Waals surface area contributed by atoms with Crippen LogP contribution in [0.4, 0.5) is 0 Å². The summed E-state index contributed by atoms with van der Waals surface area (Å²) in [6, 6.07) is 0.582. The Kier molecular flexibility index (Phi) is 3.15. The predicted molar refractivity (Wildman–Crippen MR) is 57.3 cm³/mol. The van der Waals surface area contributed by atoms with E-state index in [-0.39, 0.29) is 5.54 Å². The molecule has 1 rings (SSSR count). The summed E-state index contributed by atoms with van der Waals surface area (Å²) in [4.78, 5) is 0. The van der Waals surface area contributed by atoms with Crippen LogP contribution in [0.15, 0.2) is 23.9 Å². The van der Waals surface area contributed by atoms with Gasteiger partial charge in [-0.15, -0.1) is 0 Å². The van der Waals surface area contributed by atoms with Crippen LogP contribution in [0, 0.1) is 0 Å². The van der Waals surface area contributed by atoms with Gasteiger partial charge in [0.25, 0.3) is 0 Å². The summed E-state index contributed by atoms with van der Waals surface area (Å²) in [6.07, 6.45) is 8.75. The van der Waals surface area contributed by atoms with Gasteiger partial charge in [0.15, 0.2) is 0 Å². The minimum absolute atomic E-state index is 0.183. The molecule has 2 nitrogen and oxygen atoms in total. The van der Waals surface area contributed by atoms with Gasteiger partial charge in [0.05, 0.1) is 6.04 Å². The van der Waals surface area contributed by atoms with E-state index < -0.39 is 0 Å². The Labute approximate surface area is 80.9 Å². The van der Waals surface area contributed by atoms with Crippen molar-refractivity contribution in [1.29, 1.82) is 0 Å². The monoisotopic (exact) mass is 180 g/mol. The molecule has 0 aromatic heterocycles. The third-order valence-electron chi connectivity index (χ3n) is 2.02. The summed E-state index contributed by atoms with van der Waals surface area (Å²) < 4.78 is 0. The summed E-state index contributed by atoms with van der Waals surface area (Å²) in [5.74, 6) is 0. The SMILES string of the molecule is CC=CCCC1N/C1=C\C(C)(C)N. The van der Waals surface area contributed by atoms with Crippen LogP contribution in [0.5, 0.6) is 0 Å². The smallest absolute Gasteiger partial charge is 0.0658 e. The molecule has 3 N–H and O–H groups in total. The van der Waals surface area contributed by atoms with Crippen molar-refractivity contribution in [2.24, 2.45) is 5.73 Å². The van der Waals surface area contributed by atoms with Crippen molar-refractivity contribution in [3.8, 4) is 0 Å². The van der Waals surface area contributed by atoms with Crippen molar-refractivity contribution in [2.75, 3.05) is 0 Å². The van der Waals surface area contributed by atoms with Crippen molar-refractivity contribution >= 4 is 0 Å². The van der Waals surface area contributed by atoms with E-state index in [1.54, 1.807) is 0 Å². The highest BCUT2D eigenvalue weighted by atomic mass is 15.1. The standard InChI is InChI=1S/C11H20N2/c1-4-5-6-7-9-10(13-9)8-11(2,3)12/h4-5,8-9,13H,6-7,12H2,1-3H3/b5-4?,10-8-. The Balaban J connectivity index is 2.26. The largest absolute Gasteiger partial charge is 0.379 e. The molecule has 74 valence electrons. The predicted octanol–water partition coefficient (Wildman–Crippen LogP) is 1.94. The Bertz CT molecular complexity index is 221. The maximum Gasteiger partial charge on any atom is 0.0658 e. The Hall–Kier alpha value is -0.760. The van der Waals surface area contributed by atoms with Crippen molar-refractivity contribution in [2.45, 2.75) is 45.2 Å². The van der Waals surface area contributed by atoms with Gasteiger partial charge >= 0.3 is 0 Å². The number of nitrogens with one attached hydrogen (secondary N) is 1. The Morgan fingerprint density at radius 1 is 1.54 bits per heavy atom. The van der Waals surface area contributed by atoms with E-state index >= 15 is 0 Å². The van der Waals surface area contributed by atoms with Gasteiger partial charge in [-0.1, -0.05) is 12.2 Å². The fraction of sp³-hybridized carbons (Fsp3) is 0.636. The molecule has 0 aromatic carbocycles. The van der Waals surface area contributed by atoms with E-state index in [9.17, 15) is 0 Å². The van der Waals surface area contributed by atoms with Crippen molar-refractivity contribution in [3.63, 3.8) is 0 Å². The second-order valence-corrected chi connectivity index (χ2v) is 4.26. The zero-order chi connectivity index (χ0) is 9.90. The highest BCUT2D eigenvalue weighted by Gasteiger charge is 2.28. The molecule has 0 amide bonds. The van der Waals surface area contributed by atoms with Crippen molar-refractivity contribution < 1.29 is 0 Å². The second kappa shape index (κ2) is 3.97. The van der Waals surface area contributed by atoms with Crippen molar-refractivity contribution in [3.05, 3.63) is 23.9 Å². The van der Waals surface area contributed by atoms with Gasteiger partial charge in [-0.2, -0.15) is 0 Å². The van der Waals surface area contributed by atoms with Gasteiger partial charge in [-0.3, -0.25) is 0 Å². The number of hydrogen-bond acceptors (Lipinski definition) is 2. The van der Waals surface area contributed by atoms with Gasteiger partial charge in [-0.05, 0) is 39.7 Å². The van der Waals surface area contributed by atoms with E-state index in [1.165, 1.54) is 12.1 Å². The van der Waals surface area contributed by atoms with Crippen LogP contribution < -0.4 is 11.1 Å². The molecule has 13 heavy (non-hydrogen) atoms. The highest BCUT2D eigenvalue weighted by Crippen LogP contribution is 2.23. The molecule has 1 unspecified atom stereocenters. The van der Waals surface area contributed by atoms with Crippen LogP contribution in [-0.2, 0) is 0 Å². The van der Waals surface area contributed by atoms with Gasteiger partial charge in [-0.25, -0.2) is 0 Å². The lowest BCUT2D eigenvalue weighted by Gasteiger charge is -2.10. The first-order valence-corrected chi connectivity index (χ1v) is 4.92. The summed E-state index contributed by atoms with van der Waals surface area (Å²) in [7, 11) is 0. The minimum Gasteiger partial charge on any atom is -0.379 e. The molecule has 0 radical (unpaired) electrons. The zero-order valence-corrected chi connectivity index (χ0v) is 8.80. The lowest BCUT2D eigenvalue weighted by Crippen LogP contribution is -2.28. The molecule has 1 heterocycles. The summed E-state index contributed by atoms with van der Waals surface area (Å²) in [6.45, 7) is 6.09. The van der Waals surface area contributed by atoms with E-state index in [0.717, 1.165) is 6.42 Å². The first-order chi connectivity index (χ1) is 6.03. The lowest BCUT2D eigenvalue weighted by molar-refractivity contribution is 0.651. The quantitative estimate of drug-likeness (QED) is 0.513. The van der Waals surface area contributed by atoms with Gasteiger partial charge in [0.1, 0.15) is 0 Å². The molecule has 2 heteroatoms. The molecule has 0 bridgehead atoms. The maximum atomic E-state index is 5.86. The first kappa shape index (κ1) is 10.3. The topological polar surface area (TPSA) is 48.0 Å². The molecule has 0 aliphatic carbocycles. The molecular weight excluding hydrogens is 160 g/mol. The van der Waals surface area contributed by atoms with Crippen LogP contribution >= 0.6 is 0 Å². The highest BCUT2D eigenvalue weighted by molar-refractivity contribution is 5.28. The summed E-state index contributed by atoms with van der Waals surface area (Å²) >= 11 is 0. The van der Waals surface area contributed by atoms with Gasteiger partial charge < -0.3 is 11.1 Å². The number of rotatable bonds is 4. The van der Waals surface area contributed by atoms with Crippen LogP contribution in [0.25, 0.3) is 0 Å². The molecule has 0 aromatic rings. The Morgan fingerprint density at radius 2 is 2.23 bits per heavy atom. The number of allylic oxidation sites excluding steroid dienone is 2. The Morgan fingerprint density at radius 3 is 2.77 bits per heavy atom. The fourth-order valence-corrected chi connectivity index (χ4v) is 1.36. The lowest BCUT2D eigenvalue weighted by atomic mass is 10.1. The molecule has 1 fully saturated rings. The molecule has 1 atom stereocenters. The van der Waals surface area contributed by atoms with Crippen LogP contribution in [0.1, 0.15) is 33.6 Å². The third-order valence-corrected chi connectivity index (χ3v) is 2.02. The first-order valence-electron chi connectivity index (χ1n) is 4.92. The van der Waals surface area contributed by atoms with E-state index in [2.05, 4.69) is 30.5 Å². The van der Waals surface area contributed by atoms with Gasteiger partial charge in [0.2, 0.25) is 0 Å². The third kappa shape index (κ3) is 4.13. The molecular formula is C11H20N2. The second-order valence-electron chi connectivity index (χ2n) is 4.26. The molecule has 1 aliphatic rings. The molecule has 1 aliphatic heterocycles. The maximum absolute atomic E-state index is 5.86. The fourth-order valence-electron chi connectivity index (χ4n) is 1.36. The van der Waals surface area contributed by atoms with E-state index in [4.69, 9.17) is 5.73 Å². The van der Waals surface area contributed by atoms with Crippen molar-refractivity contribution in [1.82, 2.24) is 5.32 Å². The number of hydrogen-bond donors (Lipinski definition) is 2. The molecule has 0 spiro atoms. The summed E-state index contributed by atoms with van der Waals surface area (Å²) in [5.41, 5.74) is 7.00. The van der Waals surface area contributed by atoms with Crippen LogP contribution in [-0.4, -0.2) is 11.6 Å².